The summed E-state index contributed by atoms with van der Waals surface area (Å²) in [5, 5.41) is 4.34. The zero-order valence-electron chi connectivity index (χ0n) is 34.9. The fraction of sp³-hybridized carbons (Fsp3) is 0.245. The van der Waals surface area contributed by atoms with Crippen molar-refractivity contribution in [3.05, 3.63) is 160 Å². The van der Waals surface area contributed by atoms with Gasteiger partial charge in [0.15, 0.2) is 24.1 Å². The molecule has 9 rings (SSSR count). The van der Waals surface area contributed by atoms with Gasteiger partial charge in [0, 0.05) is 94.6 Å². The highest BCUT2D eigenvalue weighted by molar-refractivity contribution is 5.80. The van der Waals surface area contributed by atoms with Crippen molar-refractivity contribution >= 4 is 33.8 Å². The average Bonchev–Trinajstić information content (AvgIpc) is 3.34. The van der Waals surface area contributed by atoms with Gasteiger partial charge in [0.2, 0.25) is 0 Å². The molecule has 63 heavy (non-hydrogen) atoms. The number of alkyl halides is 1. The third-order valence-corrected chi connectivity index (χ3v) is 10.6. The van der Waals surface area contributed by atoms with Gasteiger partial charge in [0.25, 0.3) is 11.8 Å². The molecule has 14 heteroatoms. The maximum atomic E-state index is 12.6. The lowest BCUT2D eigenvalue weighted by Gasteiger charge is -2.34. The predicted molar refractivity (Wildman–Crippen MR) is 239 cm³/mol. The van der Waals surface area contributed by atoms with Crippen LogP contribution in [0.2, 0.25) is 0 Å². The number of para-hydroxylation sites is 2. The lowest BCUT2D eigenvalue weighted by molar-refractivity contribution is -0.135. The molecule has 13 nitrogen and oxygen atoms in total. The van der Waals surface area contributed by atoms with Crippen LogP contribution in [0.3, 0.4) is 0 Å². The second-order valence-electron chi connectivity index (χ2n) is 14.7. The Labute approximate surface area is 363 Å². The smallest absolute Gasteiger partial charge is 0.260 e. The van der Waals surface area contributed by atoms with E-state index in [0.29, 0.717) is 78.3 Å². The second-order valence-corrected chi connectivity index (χ2v) is 14.7. The van der Waals surface area contributed by atoms with Crippen molar-refractivity contribution in [1.82, 2.24) is 25.0 Å². The first kappa shape index (κ1) is 43.9. The number of hydrogen-bond acceptors (Lipinski definition) is 11. The highest BCUT2D eigenvalue weighted by Gasteiger charge is 2.22. The van der Waals surface area contributed by atoms with Gasteiger partial charge in [-0.3, -0.25) is 33.5 Å². The topological polar surface area (TPSA) is 148 Å². The Balaban J connectivity index is 0.000000186. The molecular formula is C49H48FN5O8. The number of aromatic nitrogens is 1. The number of rotatable bonds is 10. The fourth-order valence-electron chi connectivity index (χ4n) is 7.21. The van der Waals surface area contributed by atoms with Crippen LogP contribution < -0.4 is 25.6 Å². The van der Waals surface area contributed by atoms with E-state index < -0.39 is 0 Å². The van der Waals surface area contributed by atoms with E-state index in [-0.39, 0.29) is 35.9 Å². The summed E-state index contributed by atoms with van der Waals surface area (Å²) >= 11 is 0. The largest absolute Gasteiger partial charge is 0.484 e. The Morgan fingerprint density at radius 2 is 1.05 bits per heavy atom. The van der Waals surface area contributed by atoms with Gasteiger partial charge >= 0.3 is 0 Å². The van der Waals surface area contributed by atoms with Crippen molar-refractivity contribution in [1.29, 1.82) is 0 Å². The molecule has 5 heterocycles. The van der Waals surface area contributed by atoms with Crippen molar-refractivity contribution in [3.8, 4) is 34.1 Å². The van der Waals surface area contributed by atoms with Crippen LogP contribution in [0, 0.1) is 0 Å². The van der Waals surface area contributed by atoms with Crippen LogP contribution in [-0.2, 0) is 16.1 Å². The van der Waals surface area contributed by atoms with Crippen LogP contribution in [-0.4, -0.2) is 104 Å². The molecule has 3 aromatic heterocycles. The molecule has 0 spiro atoms. The molecule has 0 aliphatic carbocycles. The molecule has 2 saturated heterocycles. The Hall–Kier alpha value is -7.16. The summed E-state index contributed by atoms with van der Waals surface area (Å²) in [6.07, 6.45) is 3.60. The van der Waals surface area contributed by atoms with Gasteiger partial charge in [-0.1, -0.05) is 24.3 Å². The number of benzene rings is 4. The maximum absolute atomic E-state index is 12.6. The number of nitrogens with zero attached hydrogens (tertiary/aromatic N) is 4. The molecule has 7 aromatic rings. The maximum Gasteiger partial charge on any atom is 0.260 e. The first-order chi connectivity index (χ1) is 30.9. The van der Waals surface area contributed by atoms with Gasteiger partial charge in [-0.05, 0) is 90.5 Å². The Morgan fingerprint density at radius 1 is 0.603 bits per heavy atom. The molecule has 0 bridgehead atoms. The number of carbonyl (C=O) groups excluding carboxylic acids is 2. The van der Waals surface area contributed by atoms with E-state index in [1.54, 1.807) is 65.8 Å². The minimum atomic E-state index is -0.0800. The van der Waals surface area contributed by atoms with E-state index in [2.05, 4.69) is 15.2 Å². The molecule has 2 aliphatic rings. The summed E-state index contributed by atoms with van der Waals surface area (Å²) in [6, 6.07) is 35.8. The predicted octanol–water partition coefficient (Wildman–Crippen LogP) is 6.43. The number of carbonyl (C=O) groups is 2. The van der Waals surface area contributed by atoms with E-state index in [0.717, 1.165) is 43.9 Å². The zero-order valence-corrected chi connectivity index (χ0v) is 34.9. The van der Waals surface area contributed by atoms with Crippen molar-refractivity contribution in [2.45, 2.75) is 6.54 Å². The molecule has 0 unspecified atom stereocenters. The van der Waals surface area contributed by atoms with Crippen molar-refractivity contribution in [3.63, 3.8) is 0 Å². The molecular weight excluding hydrogens is 806 g/mol. The fourth-order valence-corrected chi connectivity index (χ4v) is 7.21. The van der Waals surface area contributed by atoms with Crippen LogP contribution in [0.25, 0.3) is 44.6 Å². The van der Waals surface area contributed by atoms with Crippen LogP contribution in [0.4, 0.5) is 4.39 Å². The molecule has 2 amide bonds. The normalized spacial score (nSPS) is 13.9. The Morgan fingerprint density at radius 3 is 1.52 bits per heavy atom. The second kappa shape index (κ2) is 21.6. The molecule has 0 saturated carbocycles. The van der Waals surface area contributed by atoms with E-state index in [1.807, 2.05) is 65.6 Å². The lowest BCUT2D eigenvalue weighted by atomic mass is 10.1. The van der Waals surface area contributed by atoms with Crippen LogP contribution in [0.5, 0.6) is 11.5 Å². The average molecular weight is 854 g/mol. The molecule has 2 aliphatic heterocycles. The van der Waals surface area contributed by atoms with Gasteiger partial charge < -0.3 is 33.4 Å². The monoisotopic (exact) mass is 853 g/mol. The molecule has 0 atom stereocenters. The third kappa shape index (κ3) is 11.6. The molecule has 4 aromatic carbocycles. The Kier molecular flexibility index (Phi) is 15.0. The number of nitrogens with one attached hydrogen (secondary N) is 1. The number of piperazine rings is 2. The number of hydrogen-bond donors (Lipinski definition) is 1. The van der Waals surface area contributed by atoms with Crippen LogP contribution >= 0.6 is 0 Å². The first-order valence-electron chi connectivity index (χ1n) is 20.6. The van der Waals surface area contributed by atoms with Crippen LogP contribution in [0.1, 0.15) is 5.56 Å². The van der Waals surface area contributed by atoms with E-state index in [4.69, 9.17) is 18.3 Å². The summed E-state index contributed by atoms with van der Waals surface area (Å²) in [4.78, 5) is 59.4. The van der Waals surface area contributed by atoms with Gasteiger partial charge in [-0.15, -0.1) is 0 Å². The molecule has 1 N–H and O–H groups in total. The quantitative estimate of drug-likeness (QED) is 0.162. The number of fused-ring (bicyclic) bond motifs is 2. The highest BCUT2D eigenvalue weighted by Crippen LogP contribution is 2.26. The summed E-state index contributed by atoms with van der Waals surface area (Å²) in [5.41, 5.74) is 3.73. The van der Waals surface area contributed by atoms with Gasteiger partial charge in [-0.25, -0.2) is 0 Å². The number of halogens is 1. The standard InChI is InChI=1S/C27H25N3O4.C21H20N2O4.CH3F/c31-24-17-26(34-25-4-2-1-3-23(24)25)21-5-7-22(8-6-21)33-19-27(32)30-15-13-29(14-16-30)18-20-9-11-28-12-10-20;24-18-13-20(27-19-4-2-1-3-17(18)19)15-5-7-16(8-6-15)26-14-21(25)23-11-9-22-10-12-23;1-2/h1-12,17H,13-16,18-19H2;1-8,13,22H,9-12,14H2;1H3. The Bertz CT molecular complexity index is 2710. The lowest BCUT2D eigenvalue weighted by Crippen LogP contribution is -2.49. The third-order valence-electron chi connectivity index (χ3n) is 10.6. The summed E-state index contributed by atoms with van der Waals surface area (Å²) in [5.74, 6) is 2.16. The van der Waals surface area contributed by atoms with E-state index in [9.17, 15) is 23.6 Å². The van der Waals surface area contributed by atoms with Crippen molar-refractivity contribution in [2.24, 2.45) is 0 Å². The zero-order chi connectivity index (χ0) is 44.0. The minimum absolute atomic E-state index is 0.00520. The molecule has 324 valence electrons. The molecule has 2 fully saturated rings. The van der Waals surface area contributed by atoms with Crippen molar-refractivity contribution in [2.75, 3.05) is 72.7 Å². The van der Waals surface area contributed by atoms with Gasteiger partial charge in [-0.2, -0.15) is 0 Å². The summed E-state index contributed by atoms with van der Waals surface area (Å²) < 4.78 is 32.5. The summed E-state index contributed by atoms with van der Waals surface area (Å²) in [7, 11) is 0.500. The van der Waals surface area contributed by atoms with Gasteiger partial charge in [0.1, 0.15) is 34.2 Å². The highest BCUT2D eigenvalue weighted by atomic mass is 19.1. The summed E-state index contributed by atoms with van der Waals surface area (Å²) in [6.45, 7) is 6.98. The minimum Gasteiger partial charge on any atom is -0.484 e. The number of pyridine rings is 1. The molecule has 0 radical (unpaired) electrons. The first-order valence-corrected chi connectivity index (χ1v) is 20.6. The van der Waals surface area contributed by atoms with Crippen molar-refractivity contribution < 1.29 is 32.3 Å². The van der Waals surface area contributed by atoms with E-state index >= 15 is 0 Å². The van der Waals surface area contributed by atoms with Crippen LogP contribution in [0.15, 0.2) is 152 Å². The van der Waals surface area contributed by atoms with E-state index in [1.165, 1.54) is 17.7 Å². The SMILES string of the molecule is CF.O=C(COc1ccc(-c2cc(=O)c3ccccc3o2)cc1)N1CCN(Cc2ccncc2)CC1.O=C(COc1ccc(-c2cc(=O)c3ccccc3o2)cc1)N1CCNCC1. The van der Waals surface area contributed by atoms with Gasteiger partial charge in [0.05, 0.1) is 17.9 Å². The number of amides is 2. The number of ether oxygens (including phenoxy) is 2.